The van der Waals surface area contributed by atoms with E-state index in [0.29, 0.717) is 0 Å². The van der Waals surface area contributed by atoms with Crippen molar-refractivity contribution in [3.8, 4) is 0 Å². The Bertz CT molecular complexity index is 845. The van der Waals surface area contributed by atoms with E-state index in [-0.39, 0.29) is 24.4 Å². The molecule has 3 rings (SSSR count). The van der Waals surface area contributed by atoms with Gasteiger partial charge in [-0.2, -0.15) is 0 Å². The minimum absolute atomic E-state index is 0.0855. The lowest BCUT2D eigenvalue weighted by Gasteiger charge is -2.39. The summed E-state index contributed by atoms with van der Waals surface area (Å²) in [7, 11) is 0. The van der Waals surface area contributed by atoms with Gasteiger partial charge in [0, 0.05) is 6.54 Å². The molecule has 320 valence electrons. The Kier molecular flexibility index (Phi) is 25.9. The summed E-state index contributed by atoms with van der Waals surface area (Å²) in [5, 5.41) is 0. The van der Waals surface area contributed by atoms with Crippen LogP contribution in [-0.4, -0.2) is 66.8 Å². The Morgan fingerprint density at radius 2 is 0.648 bits per heavy atom. The van der Waals surface area contributed by atoms with Gasteiger partial charge in [0.25, 0.3) is 0 Å². The van der Waals surface area contributed by atoms with Gasteiger partial charge in [-0.3, -0.25) is 0 Å². The number of nitrogens with zero attached hydrogens (tertiary/aromatic N) is 1. The van der Waals surface area contributed by atoms with E-state index in [1.54, 1.807) is 0 Å². The monoisotopic (exact) mass is 764 g/mol. The van der Waals surface area contributed by atoms with E-state index in [1.807, 2.05) is 27.7 Å². The number of fused-ring (bicyclic) bond motifs is 3. The van der Waals surface area contributed by atoms with Gasteiger partial charge in [-0.05, 0) is 53.6 Å². The second kappa shape index (κ2) is 29.0. The molecule has 0 radical (unpaired) electrons. The van der Waals surface area contributed by atoms with Crippen molar-refractivity contribution < 1.29 is 23.7 Å². The van der Waals surface area contributed by atoms with Crippen LogP contribution >= 0.6 is 0 Å². The van der Waals surface area contributed by atoms with Gasteiger partial charge in [-0.15, -0.1) is 0 Å². The average Bonchev–Trinajstić information content (AvgIpc) is 3.64. The molecular weight excluding hydrogens is 671 g/mol. The van der Waals surface area contributed by atoms with E-state index in [9.17, 15) is 0 Å². The first-order valence-electron chi connectivity index (χ1n) is 24.3. The Morgan fingerprint density at radius 1 is 0.352 bits per heavy atom. The molecule has 54 heavy (non-hydrogen) atoms. The van der Waals surface area contributed by atoms with E-state index >= 15 is 0 Å². The van der Waals surface area contributed by atoms with Crippen LogP contribution in [-0.2, 0) is 23.7 Å². The number of unbranched alkanes of at least 4 members (excludes halogenated alkanes) is 30. The van der Waals surface area contributed by atoms with Crippen LogP contribution in [0.4, 0.5) is 0 Å². The lowest BCUT2D eigenvalue weighted by molar-refractivity contribution is -0.236. The Morgan fingerprint density at radius 3 is 1.02 bits per heavy atom. The molecule has 3 heterocycles. The summed E-state index contributed by atoms with van der Waals surface area (Å²) >= 11 is 0. The first kappa shape index (κ1) is 48.1. The summed E-state index contributed by atoms with van der Waals surface area (Å²) in [5.41, 5.74) is 0. The number of ether oxygens (including phenoxy) is 5. The van der Waals surface area contributed by atoms with E-state index in [4.69, 9.17) is 23.7 Å². The normalized spacial score (nSPS) is 24.4. The minimum Gasteiger partial charge on any atom is -0.342 e. The van der Waals surface area contributed by atoms with Crippen molar-refractivity contribution in [2.75, 3.05) is 19.6 Å². The van der Waals surface area contributed by atoms with Crippen LogP contribution in [0.1, 0.15) is 247 Å². The molecule has 0 aromatic heterocycles. The van der Waals surface area contributed by atoms with Crippen LogP contribution in [0.2, 0.25) is 0 Å². The molecule has 0 saturated carbocycles. The van der Waals surface area contributed by atoms with Gasteiger partial charge in [0.05, 0.1) is 0 Å². The number of hydrogen-bond donors (Lipinski definition) is 0. The van der Waals surface area contributed by atoms with Crippen molar-refractivity contribution in [2.24, 2.45) is 0 Å². The molecule has 6 heteroatoms. The van der Waals surface area contributed by atoms with Gasteiger partial charge in [-0.1, -0.05) is 206 Å². The molecule has 6 nitrogen and oxygen atoms in total. The fourth-order valence-corrected chi connectivity index (χ4v) is 9.16. The molecule has 5 atom stereocenters. The maximum Gasteiger partial charge on any atom is 0.190 e. The fourth-order valence-electron chi connectivity index (χ4n) is 9.16. The van der Waals surface area contributed by atoms with Crippen molar-refractivity contribution in [1.82, 2.24) is 4.90 Å². The maximum atomic E-state index is 6.66. The van der Waals surface area contributed by atoms with Crippen LogP contribution < -0.4 is 0 Å². The SMILES string of the molecule is CCCCCCCCCCCCCCCCCCN(CCCCCCCCCCCCCCCCCC)C[C@H]1O[C@@H]2OC(C)(C)O[C@@H]2[C@H]2OC(C)(C)O[C@H]21. The average molecular weight is 764 g/mol. The molecule has 3 saturated heterocycles. The summed E-state index contributed by atoms with van der Waals surface area (Å²) in [4.78, 5) is 2.67. The van der Waals surface area contributed by atoms with Gasteiger partial charge >= 0.3 is 0 Å². The molecule has 0 aromatic carbocycles. The molecule has 0 N–H and O–H groups in total. The molecule has 3 aliphatic rings. The summed E-state index contributed by atoms with van der Waals surface area (Å²) in [6.07, 6.45) is 44.0. The Labute approximate surface area is 336 Å². The summed E-state index contributed by atoms with van der Waals surface area (Å²) in [6.45, 7) is 15.7. The van der Waals surface area contributed by atoms with E-state index in [0.717, 1.165) is 19.6 Å². The highest BCUT2D eigenvalue weighted by molar-refractivity contribution is 5.00. The zero-order chi connectivity index (χ0) is 38.7. The molecule has 0 amide bonds. The third-order valence-corrected chi connectivity index (χ3v) is 12.3. The zero-order valence-corrected chi connectivity index (χ0v) is 37.1. The van der Waals surface area contributed by atoms with Crippen LogP contribution in [0.15, 0.2) is 0 Å². The van der Waals surface area contributed by atoms with Crippen LogP contribution in [0.3, 0.4) is 0 Å². The van der Waals surface area contributed by atoms with Crippen molar-refractivity contribution >= 4 is 0 Å². The first-order chi connectivity index (χ1) is 26.2. The molecule has 0 aliphatic carbocycles. The van der Waals surface area contributed by atoms with Gasteiger partial charge in [0.2, 0.25) is 0 Å². The predicted molar refractivity (Wildman–Crippen MR) is 228 cm³/mol. The van der Waals surface area contributed by atoms with Gasteiger partial charge in [-0.25, -0.2) is 0 Å². The van der Waals surface area contributed by atoms with Crippen LogP contribution in [0, 0.1) is 0 Å². The molecule has 0 bridgehead atoms. The molecule has 0 unspecified atom stereocenters. The molecule has 3 fully saturated rings. The lowest BCUT2D eigenvalue weighted by atomic mass is 9.98. The standard InChI is InChI=1S/C48H93NO5/c1-7-9-11-13-15-17-19-21-23-25-27-29-31-33-35-37-39-49(40-38-36-34-32-30-28-26-24-22-20-18-16-14-12-10-8-2)41-42-43-44(52-47(3,4)51-43)45-46(50-42)54-48(5,6)53-45/h42-46H,7-41H2,1-6H3/t42-,43+,44+,45-,46-/m1/s1. The third-order valence-electron chi connectivity index (χ3n) is 12.3. The largest absolute Gasteiger partial charge is 0.342 e. The number of rotatable bonds is 36. The Balaban J connectivity index is 1.31. The Hall–Kier alpha value is -0.240. The summed E-state index contributed by atoms with van der Waals surface area (Å²) in [6, 6.07) is 0. The van der Waals surface area contributed by atoms with Gasteiger partial charge < -0.3 is 28.6 Å². The first-order valence-corrected chi connectivity index (χ1v) is 24.3. The highest BCUT2D eigenvalue weighted by Crippen LogP contribution is 2.44. The predicted octanol–water partition coefficient (Wildman–Crippen LogP) is 14.2. The van der Waals surface area contributed by atoms with Crippen LogP contribution in [0.5, 0.6) is 0 Å². The summed E-state index contributed by atoms with van der Waals surface area (Å²) in [5.74, 6) is -1.32. The quantitative estimate of drug-likeness (QED) is 0.0592. The second-order valence-electron chi connectivity index (χ2n) is 18.6. The molecule has 0 spiro atoms. The highest BCUT2D eigenvalue weighted by atomic mass is 16.9. The second-order valence-corrected chi connectivity index (χ2v) is 18.6. The molecule has 3 aliphatic heterocycles. The van der Waals surface area contributed by atoms with Gasteiger partial charge in [0.15, 0.2) is 17.9 Å². The third kappa shape index (κ3) is 21.0. The lowest BCUT2D eigenvalue weighted by Crippen LogP contribution is -2.58. The van der Waals surface area contributed by atoms with Gasteiger partial charge in [0.1, 0.15) is 24.4 Å². The van der Waals surface area contributed by atoms with E-state index in [2.05, 4.69) is 18.7 Å². The molecule has 0 aromatic rings. The van der Waals surface area contributed by atoms with Crippen molar-refractivity contribution in [2.45, 2.75) is 289 Å². The smallest absolute Gasteiger partial charge is 0.190 e. The van der Waals surface area contributed by atoms with Crippen molar-refractivity contribution in [1.29, 1.82) is 0 Å². The van der Waals surface area contributed by atoms with E-state index in [1.165, 1.54) is 205 Å². The van der Waals surface area contributed by atoms with Crippen molar-refractivity contribution in [3.05, 3.63) is 0 Å². The molecular formula is C48H93NO5. The zero-order valence-electron chi connectivity index (χ0n) is 37.1. The van der Waals surface area contributed by atoms with Crippen LogP contribution in [0.25, 0.3) is 0 Å². The number of hydrogen-bond acceptors (Lipinski definition) is 6. The fraction of sp³-hybridized carbons (Fsp3) is 1.00. The highest BCUT2D eigenvalue weighted by Gasteiger charge is 2.60. The topological polar surface area (TPSA) is 49.4 Å². The minimum atomic E-state index is -0.675. The maximum absolute atomic E-state index is 6.66. The summed E-state index contributed by atoms with van der Waals surface area (Å²) < 4.78 is 32.1. The van der Waals surface area contributed by atoms with Crippen molar-refractivity contribution in [3.63, 3.8) is 0 Å². The van der Waals surface area contributed by atoms with E-state index < -0.39 is 17.9 Å².